The number of hydrogen-bond donors (Lipinski definition) is 0. The van der Waals surface area contributed by atoms with E-state index in [1.807, 2.05) is 0 Å². The van der Waals surface area contributed by atoms with Crippen molar-refractivity contribution in [2.75, 3.05) is 0 Å². The van der Waals surface area contributed by atoms with E-state index in [0.717, 1.165) is 9.52 Å². The van der Waals surface area contributed by atoms with Gasteiger partial charge in [-0.05, 0) is 58.8 Å². The van der Waals surface area contributed by atoms with Gasteiger partial charge in [0, 0.05) is 9.52 Å². The van der Waals surface area contributed by atoms with Gasteiger partial charge in [-0.3, -0.25) is 0 Å². The fourth-order valence-corrected chi connectivity index (χ4v) is 5.84. The SMILES string of the molecule is CCCCc1ccc(C2(C)[C-]=c3ccccc3=C2)cc1.CCCCc1ccc(C2(C)[C-]=c3ccccc3=C2)cc1.C[SiH]C.Cl.Cl.[Zr+2]. The van der Waals surface area contributed by atoms with Gasteiger partial charge in [0.25, 0.3) is 0 Å². The second-order valence-corrected chi connectivity index (χ2v) is 13.5. The zero-order chi connectivity index (χ0) is 30.7. The maximum Gasteiger partial charge on any atom is 2.00 e. The van der Waals surface area contributed by atoms with E-state index < -0.39 is 0 Å². The largest absolute Gasteiger partial charge is 2.00 e. The van der Waals surface area contributed by atoms with Crippen molar-refractivity contribution >= 4 is 58.6 Å². The summed E-state index contributed by atoms with van der Waals surface area (Å²) in [5.74, 6) is 0. The van der Waals surface area contributed by atoms with Gasteiger partial charge >= 0.3 is 26.2 Å². The zero-order valence-corrected chi connectivity index (χ0v) is 33.8. The van der Waals surface area contributed by atoms with Crippen LogP contribution in [0.25, 0.3) is 24.3 Å². The van der Waals surface area contributed by atoms with Crippen molar-refractivity contribution in [1.29, 1.82) is 0 Å². The van der Waals surface area contributed by atoms with E-state index in [2.05, 4.69) is 162 Å². The van der Waals surface area contributed by atoms with Crippen LogP contribution in [0.1, 0.15) is 75.6 Å². The van der Waals surface area contributed by atoms with Crippen LogP contribution < -0.4 is 20.9 Å². The van der Waals surface area contributed by atoms with Gasteiger partial charge in [-0.25, -0.2) is 0 Å². The van der Waals surface area contributed by atoms with Crippen LogP contribution in [0.4, 0.5) is 0 Å². The zero-order valence-electron chi connectivity index (χ0n) is 28.5. The first-order valence-corrected chi connectivity index (χ1v) is 18.5. The predicted molar refractivity (Wildman–Crippen MR) is 205 cm³/mol. The van der Waals surface area contributed by atoms with Crippen LogP contribution in [-0.4, -0.2) is 9.52 Å². The minimum absolute atomic E-state index is 0. The Morgan fingerprint density at radius 1 is 0.543 bits per heavy atom. The van der Waals surface area contributed by atoms with Crippen LogP contribution in [0.2, 0.25) is 13.1 Å². The summed E-state index contributed by atoms with van der Waals surface area (Å²) in [6.07, 6.45) is 19.3. The summed E-state index contributed by atoms with van der Waals surface area (Å²) < 4.78 is 0. The molecule has 241 valence electrons. The Kier molecular flexibility index (Phi) is 18.7. The van der Waals surface area contributed by atoms with E-state index >= 15 is 0 Å². The maximum absolute atomic E-state index is 3.63. The standard InChI is InChI=1S/2C20H21.C2H7Si.2ClH.Zr/c2*1-3-4-7-16-10-12-19(13-11-16)20(2)14-17-8-5-6-9-18(17)15-20;1-3-2;;;/h2*5-6,8-14H,3-4,7H2,1-2H3;3H,1-2H3;2*1H;/q2*-1;;;;+2. The molecule has 2 aliphatic carbocycles. The second-order valence-electron chi connectivity index (χ2n) is 12.3. The quantitative estimate of drug-likeness (QED) is 0.126. The van der Waals surface area contributed by atoms with Crippen LogP contribution in [0.3, 0.4) is 0 Å². The van der Waals surface area contributed by atoms with E-state index in [1.54, 1.807) is 0 Å². The number of rotatable bonds is 8. The molecule has 0 spiro atoms. The molecule has 4 aromatic carbocycles. The van der Waals surface area contributed by atoms with Crippen molar-refractivity contribution in [2.45, 2.75) is 90.1 Å². The van der Waals surface area contributed by atoms with Crippen molar-refractivity contribution < 1.29 is 26.2 Å². The van der Waals surface area contributed by atoms with Gasteiger partial charge in [-0.2, -0.15) is 34.7 Å². The first kappa shape index (κ1) is 42.1. The summed E-state index contributed by atoms with van der Waals surface area (Å²) >= 11 is 0. The van der Waals surface area contributed by atoms with E-state index in [4.69, 9.17) is 0 Å². The van der Waals surface area contributed by atoms with Crippen LogP contribution in [-0.2, 0) is 49.9 Å². The fraction of sp³-hybridized carbons (Fsp3) is 0.333. The molecule has 2 unspecified atom stereocenters. The number of benzene rings is 4. The normalized spacial score (nSPS) is 17.9. The summed E-state index contributed by atoms with van der Waals surface area (Å²) in [6.45, 7) is 13.4. The molecular formula is C42H51Cl2SiZr. The Bertz CT molecular complexity index is 1510. The van der Waals surface area contributed by atoms with Crippen LogP contribution in [0.15, 0.2) is 97.1 Å². The number of halogens is 2. The van der Waals surface area contributed by atoms with Gasteiger partial charge in [0.15, 0.2) is 0 Å². The molecule has 0 saturated carbocycles. The maximum atomic E-state index is 3.63. The van der Waals surface area contributed by atoms with Crippen molar-refractivity contribution in [3.8, 4) is 0 Å². The smallest absolute Gasteiger partial charge is 0.189 e. The summed E-state index contributed by atoms with van der Waals surface area (Å²) in [7, 11) is 0.750. The first-order chi connectivity index (χ1) is 20.8. The molecule has 2 atom stereocenters. The molecule has 0 aliphatic heterocycles. The van der Waals surface area contributed by atoms with E-state index in [0.29, 0.717) is 0 Å². The predicted octanol–water partition coefficient (Wildman–Crippen LogP) is 8.24. The minimum Gasteiger partial charge on any atom is -0.189 e. The van der Waals surface area contributed by atoms with Crippen molar-refractivity contribution in [3.05, 3.63) is 140 Å². The van der Waals surface area contributed by atoms with Gasteiger partial charge in [0.2, 0.25) is 0 Å². The Balaban J connectivity index is 0.000000400. The van der Waals surface area contributed by atoms with Crippen molar-refractivity contribution in [2.24, 2.45) is 0 Å². The molecule has 46 heavy (non-hydrogen) atoms. The molecule has 0 heterocycles. The third-order valence-corrected chi connectivity index (χ3v) is 8.34. The third kappa shape index (κ3) is 11.1. The Morgan fingerprint density at radius 2 is 0.870 bits per heavy atom. The van der Waals surface area contributed by atoms with Gasteiger partial charge in [0.05, 0.1) is 0 Å². The molecule has 0 saturated heterocycles. The summed E-state index contributed by atoms with van der Waals surface area (Å²) in [5.41, 5.74) is 5.35. The second kappa shape index (κ2) is 20.4. The van der Waals surface area contributed by atoms with Gasteiger partial charge < -0.3 is 0 Å². The third-order valence-electron chi connectivity index (χ3n) is 8.34. The summed E-state index contributed by atoms with van der Waals surface area (Å²) in [5, 5.41) is 5.05. The van der Waals surface area contributed by atoms with Gasteiger partial charge in [-0.1, -0.05) is 114 Å². The van der Waals surface area contributed by atoms with Crippen LogP contribution in [0.5, 0.6) is 0 Å². The van der Waals surface area contributed by atoms with Crippen LogP contribution >= 0.6 is 24.8 Å². The summed E-state index contributed by atoms with van der Waals surface area (Å²) in [4.78, 5) is 0. The molecular weight excluding hydrogens is 695 g/mol. The number of unbranched alkanes of at least 4 members (excludes halogenated alkanes) is 2. The van der Waals surface area contributed by atoms with E-state index in [1.165, 1.54) is 81.7 Å². The van der Waals surface area contributed by atoms with E-state index in [9.17, 15) is 0 Å². The molecule has 0 bridgehead atoms. The molecule has 0 aromatic heterocycles. The van der Waals surface area contributed by atoms with Gasteiger partial charge in [-0.15, -0.1) is 71.7 Å². The number of aryl methyl sites for hydroxylation is 2. The molecule has 0 nitrogen and oxygen atoms in total. The molecule has 4 heteroatoms. The Morgan fingerprint density at radius 3 is 1.17 bits per heavy atom. The van der Waals surface area contributed by atoms with Crippen molar-refractivity contribution in [1.82, 2.24) is 0 Å². The summed E-state index contributed by atoms with van der Waals surface area (Å²) in [6, 6.07) is 35.1. The minimum atomic E-state index is -0.0903. The number of hydrogen-bond acceptors (Lipinski definition) is 0. The van der Waals surface area contributed by atoms with E-state index in [-0.39, 0.29) is 61.8 Å². The number of fused-ring (bicyclic) bond motifs is 2. The molecule has 0 fully saturated rings. The van der Waals surface area contributed by atoms with Crippen LogP contribution in [0, 0.1) is 0 Å². The average Bonchev–Trinajstić information content (AvgIpc) is 3.57. The Labute approximate surface area is 313 Å². The topological polar surface area (TPSA) is 0 Å². The monoisotopic (exact) mass is 743 g/mol. The average molecular weight is 746 g/mol. The molecule has 6 rings (SSSR count). The molecule has 4 aromatic rings. The molecule has 0 N–H and O–H groups in total. The Hall–Kier alpha value is -1.96. The molecule has 1 radical (unpaired) electrons. The fourth-order valence-electron chi connectivity index (χ4n) is 5.84. The molecule has 2 aliphatic rings. The van der Waals surface area contributed by atoms with Crippen molar-refractivity contribution in [3.63, 3.8) is 0 Å². The first-order valence-electron chi connectivity index (χ1n) is 16.2. The van der Waals surface area contributed by atoms with Gasteiger partial charge in [0.1, 0.15) is 0 Å². The molecule has 0 amide bonds.